The van der Waals surface area contributed by atoms with E-state index in [1.165, 1.54) is 29.2 Å². The predicted octanol–water partition coefficient (Wildman–Crippen LogP) is 4.29. The third-order valence-electron chi connectivity index (χ3n) is 4.62. The minimum atomic E-state index is -0.390. The molecule has 2 aromatic rings. The maximum absolute atomic E-state index is 13.3. The van der Waals surface area contributed by atoms with Crippen molar-refractivity contribution in [3.63, 3.8) is 0 Å². The van der Waals surface area contributed by atoms with E-state index in [1.807, 2.05) is 45.9 Å². The van der Waals surface area contributed by atoms with Gasteiger partial charge in [-0.15, -0.1) is 0 Å². The number of halogens is 1. The zero-order valence-corrected chi connectivity index (χ0v) is 16.0. The molecule has 0 fully saturated rings. The van der Waals surface area contributed by atoms with Crippen molar-refractivity contribution < 1.29 is 14.0 Å². The topological polar surface area (TPSA) is 49.4 Å². The van der Waals surface area contributed by atoms with Gasteiger partial charge in [-0.1, -0.05) is 32.0 Å². The van der Waals surface area contributed by atoms with Crippen molar-refractivity contribution in [1.82, 2.24) is 4.90 Å². The molecule has 0 atom stereocenters. The molecule has 1 aliphatic heterocycles. The Morgan fingerprint density at radius 2 is 1.63 bits per heavy atom. The highest BCUT2D eigenvalue weighted by atomic mass is 19.1. The normalized spacial score (nSPS) is 14.5. The van der Waals surface area contributed by atoms with Gasteiger partial charge in [-0.3, -0.25) is 14.5 Å². The molecule has 0 aliphatic carbocycles. The fourth-order valence-corrected chi connectivity index (χ4v) is 3.07. The minimum Gasteiger partial charge on any atom is -0.350 e. The number of hydrogen-bond acceptors (Lipinski definition) is 3. The molecule has 0 spiro atoms. The summed E-state index contributed by atoms with van der Waals surface area (Å²) in [6.45, 7) is 8.24. The van der Waals surface area contributed by atoms with Gasteiger partial charge in [0.15, 0.2) is 0 Å². The summed E-state index contributed by atoms with van der Waals surface area (Å²) in [6.07, 6.45) is 0. The second-order valence-corrected chi connectivity index (χ2v) is 7.30. The van der Waals surface area contributed by atoms with Gasteiger partial charge in [0.1, 0.15) is 11.5 Å². The van der Waals surface area contributed by atoms with Gasteiger partial charge in [0, 0.05) is 12.2 Å². The van der Waals surface area contributed by atoms with Crippen molar-refractivity contribution in [2.45, 2.75) is 27.7 Å². The van der Waals surface area contributed by atoms with Gasteiger partial charge in [-0.25, -0.2) is 4.39 Å². The van der Waals surface area contributed by atoms with Crippen LogP contribution in [0.2, 0.25) is 0 Å². The minimum absolute atomic E-state index is 0.147. The molecular weight excluding hydrogens is 343 g/mol. The number of rotatable bonds is 5. The van der Waals surface area contributed by atoms with Crippen LogP contribution in [-0.2, 0) is 9.59 Å². The Bertz CT molecular complexity index is 930. The molecule has 1 heterocycles. The van der Waals surface area contributed by atoms with Crippen molar-refractivity contribution in [1.29, 1.82) is 0 Å². The lowest BCUT2D eigenvalue weighted by atomic mass is 10.0. The molecule has 2 amide bonds. The summed E-state index contributed by atoms with van der Waals surface area (Å²) in [4.78, 5) is 27.2. The molecule has 0 radical (unpaired) electrons. The number of nitrogens with zero attached hydrogens (tertiary/aromatic N) is 1. The average molecular weight is 366 g/mol. The van der Waals surface area contributed by atoms with Crippen molar-refractivity contribution in [3.8, 4) is 0 Å². The lowest BCUT2D eigenvalue weighted by Crippen LogP contribution is -2.35. The Morgan fingerprint density at radius 1 is 0.963 bits per heavy atom. The highest BCUT2D eigenvalue weighted by Crippen LogP contribution is 2.31. The van der Waals surface area contributed by atoms with Gasteiger partial charge in [0.2, 0.25) is 0 Å². The number of carbonyl (C=O) groups is 2. The van der Waals surface area contributed by atoms with Crippen LogP contribution >= 0.6 is 0 Å². The fraction of sp³-hybridized carbons (Fsp3) is 0.273. The largest absolute Gasteiger partial charge is 0.350 e. The number of amides is 2. The molecule has 4 nitrogen and oxygen atoms in total. The first kappa shape index (κ1) is 18.8. The van der Waals surface area contributed by atoms with E-state index >= 15 is 0 Å². The number of benzene rings is 2. The van der Waals surface area contributed by atoms with E-state index in [1.54, 1.807) is 0 Å². The van der Waals surface area contributed by atoms with Crippen LogP contribution < -0.4 is 5.32 Å². The number of hydrogen-bond donors (Lipinski definition) is 1. The van der Waals surface area contributed by atoms with Gasteiger partial charge in [0.05, 0.1) is 5.57 Å². The van der Waals surface area contributed by atoms with Crippen LogP contribution in [0.5, 0.6) is 0 Å². The zero-order valence-electron chi connectivity index (χ0n) is 16.0. The third-order valence-corrected chi connectivity index (χ3v) is 4.62. The van der Waals surface area contributed by atoms with Gasteiger partial charge >= 0.3 is 0 Å². The Hall–Kier alpha value is -2.95. The Labute approximate surface area is 158 Å². The number of carbonyl (C=O) groups excluding carboxylic acids is 2. The zero-order chi connectivity index (χ0) is 19.7. The Morgan fingerprint density at radius 3 is 2.22 bits per heavy atom. The molecule has 5 heteroatoms. The number of imide groups is 1. The van der Waals surface area contributed by atoms with Crippen LogP contribution in [0.25, 0.3) is 5.57 Å². The van der Waals surface area contributed by atoms with Crippen LogP contribution in [0.15, 0.2) is 48.2 Å². The van der Waals surface area contributed by atoms with E-state index in [2.05, 4.69) is 5.32 Å². The Balaban J connectivity index is 2.06. The van der Waals surface area contributed by atoms with E-state index in [9.17, 15) is 14.0 Å². The molecule has 0 bridgehead atoms. The van der Waals surface area contributed by atoms with E-state index in [-0.39, 0.29) is 34.8 Å². The van der Waals surface area contributed by atoms with E-state index < -0.39 is 0 Å². The number of anilines is 1. The quantitative estimate of drug-likeness (QED) is 0.803. The molecule has 1 aliphatic rings. The summed E-state index contributed by atoms with van der Waals surface area (Å²) in [5, 5.41) is 3.13. The lowest BCUT2D eigenvalue weighted by Gasteiger charge is -2.17. The summed E-state index contributed by atoms with van der Waals surface area (Å²) in [6, 6.07) is 11.4. The molecule has 0 unspecified atom stereocenters. The summed E-state index contributed by atoms with van der Waals surface area (Å²) in [5.74, 6) is -0.954. The molecule has 0 aromatic heterocycles. The van der Waals surface area contributed by atoms with Gasteiger partial charge in [-0.05, 0) is 60.7 Å². The van der Waals surface area contributed by atoms with Crippen molar-refractivity contribution >= 4 is 23.1 Å². The fourth-order valence-electron chi connectivity index (χ4n) is 3.07. The summed E-state index contributed by atoms with van der Waals surface area (Å²) < 4.78 is 13.3. The number of nitrogens with one attached hydrogen (secondary N) is 1. The molecule has 27 heavy (non-hydrogen) atoms. The molecule has 1 N–H and O–H groups in total. The first-order valence-electron chi connectivity index (χ1n) is 8.98. The smallest absolute Gasteiger partial charge is 0.278 e. The van der Waals surface area contributed by atoms with Gasteiger partial charge in [-0.2, -0.15) is 0 Å². The van der Waals surface area contributed by atoms with Gasteiger partial charge in [0.25, 0.3) is 11.8 Å². The number of aryl methyl sites for hydroxylation is 2. The van der Waals surface area contributed by atoms with E-state index in [0.717, 1.165) is 16.8 Å². The van der Waals surface area contributed by atoms with Crippen molar-refractivity contribution in [2.75, 3.05) is 11.9 Å². The molecule has 0 saturated heterocycles. The highest BCUT2D eigenvalue weighted by Gasteiger charge is 2.39. The van der Waals surface area contributed by atoms with Crippen LogP contribution in [0, 0.1) is 25.6 Å². The highest BCUT2D eigenvalue weighted by molar-refractivity contribution is 6.36. The van der Waals surface area contributed by atoms with Crippen LogP contribution in [0.3, 0.4) is 0 Å². The third kappa shape index (κ3) is 3.77. The first-order chi connectivity index (χ1) is 12.8. The summed E-state index contributed by atoms with van der Waals surface area (Å²) >= 11 is 0. The van der Waals surface area contributed by atoms with Crippen LogP contribution in [0.1, 0.15) is 30.5 Å². The molecule has 0 saturated carbocycles. The standard InChI is InChI=1S/C22H23FN2O2/c1-13(2)12-25-21(26)19(16-6-8-17(23)9-7-16)20(22(25)27)24-18-10-5-14(3)15(4)11-18/h5-11,13,24H,12H2,1-4H3. The maximum atomic E-state index is 13.3. The maximum Gasteiger partial charge on any atom is 0.278 e. The molecular formula is C22H23FN2O2. The Kier molecular flexibility index (Phi) is 5.13. The molecule has 140 valence electrons. The first-order valence-corrected chi connectivity index (χ1v) is 8.98. The van der Waals surface area contributed by atoms with Crippen LogP contribution in [0.4, 0.5) is 10.1 Å². The van der Waals surface area contributed by atoms with Crippen molar-refractivity contribution in [2.24, 2.45) is 5.92 Å². The van der Waals surface area contributed by atoms with Crippen LogP contribution in [-0.4, -0.2) is 23.3 Å². The van der Waals surface area contributed by atoms with E-state index in [0.29, 0.717) is 12.1 Å². The van der Waals surface area contributed by atoms with Gasteiger partial charge < -0.3 is 5.32 Å². The SMILES string of the molecule is Cc1ccc(NC2=C(c3ccc(F)cc3)C(=O)N(CC(C)C)C2=O)cc1C. The second kappa shape index (κ2) is 7.35. The monoisotopic (exact) mass is 366 g/mol. The van der Waals surface area contributed by atoms with Crippen molar-refractivity contribution in [3.05, 3.63) is 70.7 Å². The van der Waals surface area contributed by atoms with E-state index in [4.69, 9.17) is 0 Å². The lowest BCUT2D eigenvalue weighted by molar-refractivity contribution is -0.137. The molecule has 3 rings (SSSR count). The summed E-state index contributed by atoms with van der Waals surface area (Å²) in [5.41, 5.74) is 3.99. The molecule has 2 aromatic carbocycles. The second-order valence-electron chi connectivity index (χ2n) is 7.30. The predicted molar refractivity (Wildman–Crippen MR) is 104 cm³/mol. The average Bonchev–Trinajstić information content (AvgIpc) is 2.83. The summed E-state index contributed by atoms with van der Waals surface area (Å²) in [7, 11) is 0.